The fourth-order valence-corrected chi connectivity index (χ4v) is 3.14. The molecule has 1 aliphatic heterocycles. The van der Waals surface area contributed by atoms with Crippen LogP contribution >= 0.6 is 0 Å². The number of nitrogens with one attached hydrogen (secondary N) is 2. The maximum atomic E-state index is 13.2. The van der Waals surface area contributed by atoms with Crippen molar-refractivity contribution in [1.82, 2.24) is 10.2 Å². The van der Waals surface area contributed by atoms with Crippen molar-refractivity contribution < 1.29 is 22.8 Å². The molecule has 0 spiro atoms. The molecule has 1 aromatic heterocycles. The molecule has 1 saturated heterocycles. The molecule has 2 aromatic rings. The summed E-state index contributed by atoms with van der Waals surface area (Å²) in [5.41, 5.74) is 0.594. The summed E-state index contributed by atoms with van der Waals surface area (Å²) in [5.74, 6) is -1.23. The average Bonchev–Trinajstić information content (AvgIpc) is 3.16. The van der Waals surface area contributed by atoms with Gasteiger partial charge in [0.2, 0.25) is 0 Å². The first-order valence-electron chi connectivity index (χ1n) is 8.83. The normalized spacial score (nSPS) is 14.8. The van der Waals surface area contributed by atoms with Gasteiger partial charge in [0.15, 0.2) is 0 Å². The number of halogens is 2. The van der Waals surface area contributed by atoms with Crippen LogP contribution in [0.4, 0.5) is 19.3 Å². The Bertz CT molecular complexity index is 767. The van der Waals surface area contributed by atoms with E-state index in [0.717, 1.165) is 37.5 Å². The minimum atomic E-state index is -0.735. The van der Waals surface area contributed by atoms with Gasteiger partial charge in [-0.05, 0) is 43.4 Å². The maximum absolute atomic E-state index is 13.2. The summed E-state index contributed by atoms with van der Waals surface area (Å²) in [6.45, 7) is 1.68. The van der Waals surface area contributed by atoms with Gasteiger partial charge in [-0.25, -0.2) is 13.6 Å². The Morgan fingerprint density at radius 3 is 2.48 bits per heavy atom. The van der Waals surface area contributed by atoms with Crippen LogP contribution in [-0.4, -0.2) is 36.5 Å². The van der Waals surface area contributed by atoms with Crippen molar-refractivity contribution in [1.29, 1.82) is 0 Å². The van der Waals surface area contributed by atoms with Crippen LogP contribution in [0, 0.1) is 17.6 Å². The van der Waals surface area contributed by atoms with Crippen molar-refractivity contribution in [2.24, 2.45) is 5.92 Å². The number of furan rings is 1. The number of benzene rings is 1. The first kappa shape index (κ1) is 18.9. The third-order valence-electron chi connectivity index (χ3n) is 4.64. The summed E-state index contributed by atoms with van der Waals surface area (Å²) >= 11 is 0. The Morgan fingerprint density at radius 2 is 1.85 bits per heavy atom. The van der Waals surface area contributed by atoms with E-state index in [0.29, 0.717) is 31.1 Å². The molecule has 0 bridgehead atoms. The van der Waals surface area contributed by atoms with E-state index in [9.17, 15) is 18.4 Å². The van der Waals surface area contributed by atoms with E-state index in [1.165, 1.54) is 12.5 Å². The molecule has 3 amide bonds. The molecule has 1 fully saturated rings. The maximum Gasteiger partial charge on any atom is 0.321 e. The van der Waals surface area contributed by atoms with E-state index in [1.807, 2.05) is 0 Å². The number of urea groups is 1. The second-order valence-electron chi connectivity index (χ2n) is 6.58. The zero-order chi connectivity index (χ0) is 19.2. The van der Waals surface area contributed by atoms with E-state index < -0.39 is 11.6 Å². The highest BCUT2D eigenvalue weighted by Gasteiger charge is 2.23. The van der Waals surface area contributed by atoms with Gasteiger partial charge < -0.3 is 20.0 Å². The van der Waals surface area contributed by atoms with Gasteiger partial charge in [0.1, 0.15) is 17.9 Å². The van der Waals surface area contributed by atoms with Crippen LogP contribution in [0.5, 0.6) is 0 Å². The third-order valence-corrected chi connectivity index (χ3v) is 4.64. The molecule has 6 nitrogen and oxygen atoms in total. The first-order chi connectivity index (χ1) is 13.0. The Labute approximate surface area is 155 Å². The van der Waals surface area contributed by atoms with Gasteiger partial charge in [0.25, 0.3) is 5.91 Å². The lowest BCUT2D eigenvalue weighted by Gasteiger charge is -2.32. The topological polar surface area (TPSA) is 74.6 Å². The number of rotatable bonds is 5. The molecule has 1 aromatic carbocycles. The van der Waals surface area contributed by atoms with E-state index in [-0.39, 0.29) is 17.6 Å². The van der Waals surface area contributed by atoms with Crippen molar-refractivity contribution in [3.63, 3.8) is 0 Å². The number of amides is 3. The van der Waals surface area contributed by atoms with Crippen LogP contribution in [0.3, 0.4) is 0 Å². The number of anilines is 1. The minimum Gasteiger partial charge on any atom is -0.472 e. The van der Waals surface area contributed by atoms with Gasteiger partial charge in [-0.3, -0.25) is 4.79 Å². The monoisotopic (exact) mass is 377 g/mol. The summed E-state index contributed by atoms with van der Waals surface area (Å²) in [7, 11) is 0. The van der Waals surface area contributed by atoms with Crippen LogP contribution in [0.25, 0.3) is 0 Å². The Hall–Kier alpha value is -2.90. The average molecular weight is 377 g/mol. The molecule has 1 aliphatic rings. The Morgan fingerprint density at radius 1 is 1.15 bits per heavy atom. The highest BCUT2D eigenvalue weighted by atomic mass is 19.1. The predicted octanol–water partition coefficient (Wildman–Crippen LogP) is 3.62. The molecule has 2 heterocycles. The first-order valence-corrected chi connectivity index (χ1v) is 8.83. The molecule has 0 radical (unpaired) electrons. The number of piperidine rings is 1. The van der Waals surface area contributed by atoms with Crippen molar-refractivity contribution >= 4 is 17.6 Å². The smallest absolute Gasteiger partial charge is 0.321 e. The van der Waals surface area contributed by atoms with Gasteiger partial charge >= 0.3 is 6.03 Å². The number of hydrogen-bond donors (Lipinski definition) is 2. The minimum absolute atomic E-state index is 0.0987. The molecule has 0 saturated carbocycles. The highest BCUT2D eigenvalue weighted by Crippen LogP contribution is 2.21. The summed E-state index contributed by atoms with van der Waals surface area (Å²) < 4.78 is 31.3. The molecule has 8 heteroatoms. The van der Waals surface area contributed by atoms with Gasteiger partial charge in [0.05, 0.1) is 11.8 Å². The number of hydrogen-bond acceptors (Lipinski definition) is 3. The van der Waals surface area contributed by atoms with Crippen LogP contribution < -0.4 is 10.6 Å². The number of carbonyl (C=O) groups excluding carboxylic acids is 2. The predicted molar refractivity (Wildman–Crippen MR) is 95.3 cm³/mol. The summed E-state index contributed by atoms with van der Waals surface area (Å²) in [6.07, 6.45) is 5.30. The molecule has 2 N–H and O–H groups in total. The zero-order valence-corrected chi connectivity index (χ0v) is 14.7. The molecule has 27 heavy (non-hydrogen) atoms. The van der Waals surface area contributed by atoms with Gasteiger partial charge in [-0.2, -0.15) is 0 Å². The second-order valence-corrected chi connectivity index (χ2v) is 6.58. The number of carbonyl (C=O) groups is 2. The second kappa shape index (κ2) is 8.66. The van der Waals surface area contributed by atoms with Crippen molar-refractivity contribution in [3.05, 3.63) is 54.0 Å². The van der Waals surface area contributed by atoms with Crippen LogP contribution in [0.2, 0.25) is 0 Å². The van der Waals surface area contributed by atoms with Crippen molar-refractivity contribution in [2.45, 2.75) is 19.3 Å². The van der Waals surface area contributed by atoms with E-state index in [4.69, 9.17) is 4.42 Å². The molecule has 0 unspecified atom stereocenters. The lowest BCUT2D eigenvalue weighted by atomic mass is 9.93. The quantitative estimate of drug-likeness (QED) is 0.836. The number of likely N-dealkylation sites (tertiary alicyclic amines) is 1. The Balaban J connectivity index is 1.39. The van der Waals surface area contributed by atoms with E-state index in [1.54, 1.807) is 11.0 Å². The lowest BCUT2D eigenvalue weighted by Crippen LogP contribution is -2.41. The number of nitrogens with zero attached hydrogens (tertiary/aromatic N) is 1. The van der Waals surface area contributed by atoms with Crippen LogP contribution in [0.15, 0.2) is 41.2 Å². The fraction of sp³-hybridized carbons (Fsp3) is 0.368. The van der Waals surface area contributed by atoms with Gasteiger partial charge in [-0.15, -0.1) is 0 Å². The molecular formula is C19H21F2N3O3. The van der Waals surface area contributed by atoms with E-state index >= 15 is 0 Å². The van der Waals surface area contributed by atoms with Gasteiger partial charge in [0, 0.05) is 31.4 Å². The summed E-state index contributed by atoms with van der Waals surface area (Å²) in [5, 5.41) is 5.37. The lowest BCUT2D eigenvalue weighted by molar-refractivity contribution is 0.0949. The van der Waals surface area contributed by atoms with Crippen molar-refractivity contribution in [2.75, 3.05) is 25.0 Å². The molecule has 0 aliphatic carbocycles. The zero-order valence-electron chi connectivity index (χ0n) is 14.7. The van der Waals surface area contributed by atoms with E-state index in [2.05, 4.69) is 10.6 Å². The molecule has 144 valence electrons. The SMILES string of the molecule is O=C(NCCC1CCN(C(=O)Nc2cc(F)cc(F)c2)CC1)c1ccoc1. The summed E-state index contributed by atoms with van der Waals surface area (Å²) in [6, 6.07) is 4.16. The molecule has 3 rings (SSSR count). The van der Waals surface area contributed by atoms with Gasteiger partial charge in [-0.1, -0.05) is 0 Å². The van der Waals surface area contributed by atoms with Crippen LogP contribution in [0.1, 0.15) is 29.6 Å². The summed E-state index contributed by atoms with van der Waals surface area (Å²) in [4.78, 5) is 25.7. The Kier molecular flexibility index (Phi) is 6.05. The molecular weight excluding hydrogens is 356 g/mol. The highest BCUT2D eigenvalue weighted by molar-refractivity contribution is 5.93. The fourth-order valence-electron chi connectivity index (χ4n) is 3.14. The van der Waals surface area contributed by atoms with Crippen LogP contribution in [-0.2, 0) is 0 Å². The standard InChI is InChI=1S/C19H21F2N3O3/c20-15-9-16(21)11-17(10-15)23-19(26)24-6-2-13(3-7-24)1-5-22-18(25)14-4-8-27-12-14/h4,8-13H,1-3,5-7H2,(H,22,25)(H,23,26). The van der Waals surface area contributed by atoms with Crippen molar-refractivity contribution in [3.8, 4) is 0 Å². The third kappa shape index (κ3) is 5.29. The largest absolute Gasteiger partial charge is 0.472 e. The molecule has 0 atom stereocenters.